The van der Waals surface area contributed by atoms with Crippen molar-refractivity contribution in [1.29, 1.82) is 0 Å². The molecule has 0 N–H and O–H groups in total. The number of rotatable bonds is 8. The van der Waals surface area contributed by atoms with E-state index in [1.807, 2.05) is 11.3 Å². The van der Waals surface area contributed by atoms with E-state index in [0.717, 1.165) is 22.6 Å². The van der Waals surface area contributed by atoms with Crippen LogP contribution in [0.4, 0.5) is 17.1 Å². The van der Waals surface area contributed by atoms with Crippen LogP contribution < -0.4 is 4.90 Å². The van der Waals surface area contributed by atoms with Crippen molar-refractivity contribution in [3.63, 3.8) is 0 Å². The van der Waals surface area contributed by atoms with E-state index in [1.54, 1.807) is 0 Å². The van der Waals surface area contributed by atoms with Crippen LogP contribution in [0.3, 0.4) is 0 Å². The van der Waals surface area contributed by atoms with Gasteiger partial charge in [0.1, 0.15) is 0 Å². The largest absolute Gasteiger partial charge is 0.310 e. The Bertz CT molecular complexity index is 4000. The molecule has 12 aromatic carbocycles. The summed E-state index contributed by atoms with van der Waals surface area (Å²) in [5.41, 5.74) is 15.4. The van der Waals surface area contributed by atoms with Gasteiger partial charge < -0.3 is 4.90 Å². The molecule has 1 heterocycles. The van der Waals surface area contributed by atoms with E-state index in [9.17, 15) is 0 Å². The molecule has 0 atom stereocenters. The van der Waals surface area contributed by atoms with Crippen LogP contribution in [0.2, 0.25) is 0 Å². The number of anilines is 3. The molecule has 1 aromatic heterocycles. The second-order valence-electron chi connectivity index (χ2n) is 17.6. The molecular weight excluding hydrogens is 839 g/mol. The van der Waals surface area contributed by atoms with Gasteiger partial charge in [-0.1, -0.05) is 206 Å². The molecule has 13 rings (SSSR count). The zero-order chi connectivity index (χ0) is 45.0. The van der Waals surface area contributed by atoms with Crippen LogP contribution in [-0.4, -0.2) is 0 Å². The first-order valence-corrected chi connectivity index (χ1v) is 24.1. The predicted octanol–water partition coefficient (Wildman–Crippen LogP) is 19.3. The summed E-state index contributed by atoms with van der Waals surface area (Å²) in [7, 11) is 0. The molecule has 0 aliphatic carbocycles. The van der Waals surface area contributed by atoms with Crippen LogP contribution in [0.25, 0.3) is 108 Å². The molecule has 318 valence electrons. The highest BCUT2D eigenvalue weighted by molar-refractivity contribution is 7.25. The Balaban J connectivity index is 0.929. The first kappa shape index (κ1) is 39.8. The number of hydrogen-bond acceptors (Lipinski definition) is 2. The topological polar surface area (TPSA) is 3.24 Å². The summed E-state index contributed by atoms with van der Waals surface area (Å²) in [6.45, 7) is 0. The standard InChI is InChI=1S/C66H43NS/c1-3-15-48(16-4-1)65-61-24-10-9-22-57(61)58-38-34-53(42-62(58)66(65)49-17-5-2-6-18-49)51-20-13-21-55(41-51)67(56-37-39-60-59-23-11-12-25-63(59)68-64(60)43-56)54-35-32-46(33-36-54)45-26-28-47(29-27-45)52-31-30-44-14-7-8-19-50(44)40-52/h1-43H. The maximum atomic E-state index is 2.42. The minimum Gasteiger partial charge on any atom is -0.310 e. The van der Waals surface area contributed by atoms with E-state index in [0.29, 0.717) is 0 Å². The van der Waals surface area contributed by atoms with Crippen LogP contribution in [0.5, 0.6) is 0 Å². The van der Waals surface area contributed by atoms with E-state index in [1.165, 1.54) is 103 Å². The summed E-state index contributed by atoms with van der Waals surface area (Å²) in [6, 6.07) is 95.8. The van der Waals surface area contributed by atoms with Gasteiger partial charge >= 0.3 is 0 Å². The van der Waals surface area contributed by atoms with Crippen LogP contribution in [0.15, 0.2) is 261 Å². The summed E-state index contributed by atoms with van der Waals surface area (Å²) in [6.07, 6.45) is 0. The van der Waals surface area contributed by atoms with Crippen LogP contribution in [-0.2, 0) is 0 Å². The number of fused-ring (bicyclic) bond motifs is 7. The molecular formula is C66H43NS. The van der Waals surface area contributed by atoms with Gasteiger partial charge in [0.05, 0.1) is 0 Å². The lowest BCUT2D eigenvalue weighted by atomic mass is 9.84. The Morgan fingerprint density at radius 3 is 1.44 bits per heavy atom. The van der Waals surface area contributed by atoms with E-state index < -0.39 is 0 Å². The molecule has 1 nitrogen and oxygen atoms in total. The number of nitrogens with zero attached hydrogens (tertiary/aromatic N) is 1. The Morgan fingerprint density at radius 1 is 0.221 bits per heavy atom. The van der Waals surface area contributed by atoms with Crippen molar-refractivity contribution in [2.45, 2.75) is 0 Å². The Hall–Kier alpha value is -8.56. The van der Waals surface area contributed by atoms with Gasteiger partial charge in [-0.25, -0.2) is 0 Å². The molecule has 0 saturated heterocycles. The second-order valence-corrected chi connectivity index (χ2v) is 18.7. The molecule has 2 heteroatoms. The van der Waals surface area contributed by atoms with Gasteiger partial charge in [0, 0.05) is 37.2 Å². The summed E-state index contributed by atoms with van der Waals surface area (Å²) in [5.74, 6) is 0. The lowest BCUT2D eigenvalue weighted by Gasteiger charge is -2.26. The third-order valence-corrected chi connectivity index (χ3v) is 14.8. The van der Waals surface area contributed by atoms with Gasteiger partial charge in [-0.15, -0.1) is 11.3 Å². The molecule has 0 spiro atoms. The van der Waals surface area contributed by atoms with Gasteiger partial charge in [-0.05, 0) is 143 Å². The number of thiophene rings is 1. The van der Waals surface area contributed by atoms with Crippen molar-refractivity contribution in [1.82, 2.24) is 0 Å². The minimum atomic E-state index is 1.10. The first-order valence-electron chi connectivity index (χ1n) is 23.3. The lowest BCUT2D eigenvalue weighted by molar-refractivity contribution is 1.29. The first-order chi connectivity index (χ1) is 33.7. The summed E-state index contributed by atoms with van der Waals surface area (Å²) in [5, 5.41) is 10.1. The highest BCUT2D eigenvalue weighted by Gasteiger charge is 2.20. The van der Waals surface area contributed by atoms with Crippen molar-refractivity contribution in [3.05, 3.63) is 261 Å². The van der Waals surface area contributed by atoms with Crippen molar-refractivity contribution in [2.24, 2.45) is 0 Å². The highest BCUT2D eigenvalue weighted by atomic mass is 32.1. The van der Waals surface area contributed by atoms with Crippen LogP contribution in [0.1, 0.15) is 0 Å². The van der Waals surface area contributed by atoms with Crippen LogP contribution in [0, 0.1) is 0 Å². The summed E-state index contributed by atoms with van der Waals surface area (Å²) < 4.78 is 2.58. The van der Waals surface area contributed by atoms with Crippen LogP contribution >= 0.6 is 11.3 Å². The summed E-state index contributed by atoms with van der Waals surface area (Å²) in [4.78, 5) is 2.41. The van der Waals surface area contributed by atoms with Gasteiger partial charge in [0.2, 0.25) is 0 Å². The molecule has 68 heavy (non-hydrogen) atoms. The zero-order valence-electron chi connectivity index (χ0n) is 37.2. The maximum absolute atomic E-state index is 2.42. The predicted molar refractivity (Wildman–Crippen MR) is 294 cm³/mol. The van der Waals surface area contributed by atoms with Crippen molar-refractivity contribution in [2.75, 3.05) is 4.90 Å². The lowest BCUT2D eigenvalue weighted by Crippen LogP contribution is -2.10. The molecule has 0 amide bonds. The normalized spacial score (nSPS) is 11.5. The quantitative estimate of drug-likeness (QED) is 0.137. The fourth-order valence-corrected chi connectivity index (χ4v) is 11.5. The highest BCUT2D eigenvalue weighted by Crippen LogP contribution is 2.47. The molecule has 13 aromatic rings. The number of benzene rings is 12. The average Bonchev–Trinajstić information content (AvgIpc) is 3.79. The van der Waals surface area contributed by atoms with Crippen molar-refractivity contribution < 1.29 is 0 Å². The minimum absolute atomic E-state index is 1.10. The Morgan fingerprint density at radius 2 is 0.691 bits per heavy atom. The average molecular weight is 882 g/mol. The van der Waals surface area contributed by atoms with E-state index in [2.05, 4.69) is 266 Å². The molecule has 0 radical (unpaired) electrons. The van der Waals surface area contributed by atoms with E-state index >= 15 is 0 Å². The van der Waals surface area contributed by atoms with Gasteiger partial charge in [-0.3, -0.25) is 0 Å². The molecule has 0 aliphatic rings. The molecule has 0 unspecified atom stereocenters. The zero-order valence-corrected chi connectivity index (χ0v) is 38.0. The SMILES string of the molecule is c1ccc(-c2c(-c3ccccc3)c3cc(-c4cccc(N(c5ccc(-c6ccc(-c7ccc8ccccc8c7)cc6)cc5)c5ccc6c(c5)sc5ccccc56)c4)ccc3c3ccccc23)cc1. The van der Waals surface area contributed by atoms with Gasteiger partial charge in [0.15, 0.2) is 0 Å². The fraction of sp³-hybridized carbons (Fsp3) is 0. The summed E-state index contributed by atoms with van der Waals surface area (Å²) >= 11 is 1.86. The number of hydrogen-bond donors (Lipinski definition) is 0. The Kier molecular flexibility index (Phi) is 9.77. The van der Waals surface area contributed by atoms with E-state index in [4.69, 9.17) is 0 Å². The molecule has 0 saturated carbocycles. The third kappa shape index (κ3) is 7.02. The third-order valence-electron chi connectivity index (χ3n) is 13.6. The van der Waals surface area contributed by atoms with Gasteiger partial charge in [0.25, 0.3) is 0 Å². The van der Waals surface area contributed by atoms with Crippen molar-refractivity contribution >= 4 is 80.9 Å². The monoisotopic (exact) mass is 881 g/mol. The smallest absolute Gasteiger partial charge is 0.0476 e. The molecule has 0 fully saturated rings. The Labute approximate surface area is 400 Å². The fourth-order valence-electron chi connectivity index (χ4n) is 10.3. The second kappa shape index (κ2) is 16.7. The van der Waals surface area contributed by atoms with E-state index in [-0.39, 0.29) is 0 Å². The van der Waals surface area contributed by atoms with Gasteiger partial charge in [-0.2, -0.15) is 0 Å². The van der Waals surface area contributed by atoms with Crippen molar-refractivity contribution in [3.8, 4) is 55.6 Å². The molecule has 0 aliphatic heterocycles. The maximum Gasteiger partial charge on any atom is 0.0476 e. The molecule has 0 bridgehead atoms.